The number of hydrogen-bond donors (Lipinski definition) is 1. The topological polar surface area (TPSA) is 102 Å². The van der Waals surface area contributed by atoms with Gasteiger partial charge in [-0.3, -0.25) is 14.6 Å². The van der Waals surface area contributed by atoms with Gasteiger partial charge in [-0.05, 0) is 150 Å². The van der Waals surface area contributed by atoms with Gasteiger partial charge in [-0.15, -0.1) is 35.1 Å². The van der Waals surface area contributed by atoms with Crippen molar-refractivity contribution >= 4 is 90.4 Å². The number of carbonyl (C=O) groups is 1. The van der Waals surface area contributed by atoms with Crippen molar-refractivity contribution in [2.75, 3.05) is 40.4 Å². The van der Waals surface area contributed by atoms with Crippen LogP contribution in [0.4, 0.5) is 0 Å². The molecule has 13 heteroatoms. The average molecular weight is 811 g/mol. The zero-order chi connectivity index (χ0) is 37.1. The first kappa shape index (κ1) is 42.5. The van der Waals surface area contributed by atoms with Crippen molar-refractivity contribution in [1.82, 2.24) is 9.80 Å². The first-order valence-corrected chi connectivity index (χ1v) is 20.0. The minimum absolute atomic E-state index is 0. The molecule has 2 aromatic heterocycles. The zero-order valence-corrected chi connectivity index (χ0v) is 34.7. The van der Waals surface area contributed by atoms with Gasteiger partial charge in [-0.2, -0.15) is 9.59 Å². The first-order valence-electron chi connectivity index (χ1n) is 17.5. The molecule has 0 spiro atoms. The van der Waals surface area contributed by atoms with Crippen LogP contribution in [0.25, 0.3) is 20.2 Å². The number of nitrogens with two attached hydrogens (primary N) is 1. The molecule has 0 aliphatic carbocycles. The molecule has 52 heavy (non-hydrogen) atoms. The Bertz CT molecular complexity index is 1850. The average Bonchev–Trinajstić information content (AvgIpc) is 3.79. The molecule has 2 N–H and O–H groups in total. The number of nitrogens with zero attached hydrogens (tertiary/aromatic N) is 2. The Kier molecular flexibility index (Phi) is 14.7. The number of methoxy groups -OCH3 is 2. The Balaban J connectivity index is 0.000000187. The molecule has 6 fully saturated rings. The lowest BCUT2D eigenvalue weighted by molar-refractivity contribution is -0.191. The number of hydrogen-bond acceptors (Lipinski definition) is 10. The fourth-order valence-electron chi connectivity index (χ4n) is 8.51. The van der Waals surface area contributed by atoms with E-state index in [0.717, 1.165) is 31.3 Å². The van der Waals surface area contributed by atoms with Crippen LogP contribution in [0.1, 0.15) is 69.5 Å². The number of ketones is 1. The molecule has 0 unspecified atom stereocenters. The minimum atomic E-state index is 0. The van der Waals surface area contributed by atoms with E-state index in [-0.39, 0.29) is 35.4 Å². The number of benzene rings is 2. The largest absolute Gasteiger partial charge is 0.495 e. The van der Waals surface area contributed by atoms with E-state index in [0.29, 0.717) is 40.1 Å². The highest BCUT2D eigenvalue weighted by Gasteiger charge is 2.48. The first-order chi connectivity index (χ1) is 24.3. The fourth-order valence-corrected chi connectivity index (χ4v) is 11.1. The monoisotopic (exact) mass is 809 g/mol. The van der Waals surface area contributed by atoms with E-state index in [1.54, 1.807) is 25.6 Å². The zero-order valence-electron chi connectivity index (χ0n) is 30.7. The fraction of sp³-hybridized carbons (Fsp3) is 0.538. The van der Waals surface area contributed by atoms with Crippen molar-refractivity contribution in [3.63, 3.8) is 0 Å². The summed E-state index contributed by atoms with van der Waals surface area (Å²) in [5.74, 6) is 3.58. The van der Waals surface area contributed by atoms with E-state index < -0.39 is 0 Å². The summed E-state index contributed by atoms with van der Waals surface area (Å²) in [6.07, 6.45) is 6.00. The van der Waals surface area contributed by atoms with Crippen molar-refractivity contribution in [2.24, 2.45) is 23.5 Å². The van der Waals surface area contributed by atoms with E-state index in [1.807, 2.05) is 41.8 Å². The number of carbonyl (C=O) groups excluding carboxylic acids is 3. The summed E-state index contributed by atoms with van der Waals surface area (Å²) >= 11 is 15.6. The molecule has 0 radical (unpaired) electrons. The molecule has 6 aliphatic heterocycles. The van der Waals surface area contributed by atoms with E-state index in [2.05, 4.69) is 37.5 Å². The number of piperidine rings is 6. The second-order valence-corrected chi connectivity index (χ2v) is 17.6. The van der Waals surface area contributed by atoms with Gasteiger partial charge >= 0.3 is 6.15 Å². The van der Waals surface area contributed by atoms with Crippen LogP contribution in [0.2, 0.25) is 10.0 Å². The van der Waals surface area contributed by atoms with Crippen molar-refractivity contribution in [3.05, 3.63) is 56.7 Å². The van der Waals surface area contributed by atoms with Crippen LogP contribution in [0.3, 0.4) is 0 Å². The smallest absolute Gasteiger partial charge is 0.373 e. The SMILES string of the molecule is CC1(C)[C@H](N)C2CCN1CC2.COc1ccc2cc(C(=O)C[C@@H]3C4CCN(CC4)C3(C)C)sc2c1Cl.COc1ccc2ccsc2c1Cl.Cl.O=C=O. The summed E-state index contributed by atoms with van der Waals surface area (Å²) in [5.41, 5.74) is 6.54. The van der Waals surface area contributed by atoms with E-state index in [4.69, 9.17) is 48.0 Å². The Labute approximate surface area is 331 Å². The molecular formula is C39H50Cl3N3O5S2. The maximum Gasteiger partial charge on any atom is 0.373 e. The number of thiophene rings is 2. The summed E-state index contributed by atoms with van der Waals surface area (Å²) in [5, 5.41) is 5.53. The summed E-state index contributed by atoms with van der Waals surface area (Å²) in [6.45, 7) is 14.1. The van der Waals surface area contributed by atoms with Crippen LogP contribution in [-0.2, 0) is 9.59 Å². The lowest BCUT2D eigenvalue weighted by Crippen LogP contribution is -2.67. The van der Waals surface area contributed by atoms with Crippen LogP contribution in [-0.4, -0.2) is 79.3 Å². The highest BCUT2D eigenvalue weighted by Crippen LogP contribution is 2.47. The third-order valence-corrected chi connectivity index (χ3v) is 14.9. The molecule has 8 nitrogen and oxygen atoms in total. The van der Waals surface area contributed by atoms with Gasteiger partial charge in [-0.25, -0.2) is 0 Å². The molecule has 4 bridgehead atoms. The number of rotatable bonds is 5. The molecule has 4 aromatic rings. The molecule has 6 saturated heterocycles. The Hall–Kier alpha value is -2.24. The van der Waals surface area contributed by atoms with Crippen molar-refractivity contribution in [2.45, 2.75) is 76.9 Å². The second-order valence-electron chi connectivity index (χ2n) is 14.8. The van der Waals surface area contributed by atoms with Crippen molar-refractivity contribution < 1.29 is 23.9 Å². The van der Waals surface area contributed by atoms with Gasteiger partial charge in [0.1, 0.15) is 21.5 Å². The predicted octanol–water partition coefficient (Wildman–Crippen LogP) is 9.48. The third-order valence-electron chi connectivity index (χ3n) is 11.7. The third kappa shape index (κ3) is 8.67. The van der Waals surface area contributed by atoms with Gasteiger partial charge in [0.2, 0.25) is 0 Å². The molecule has 6 aliphatic rings. The standard InChI is InChI=1S/C20H24ClNO2S.C9H7ClOS.C9H18N2.CO2.ClH/c1-20(2)14(12-6-8-22(20)9-7-12)11-15(23)17-10-13-4-5-16(24-3)18(21)19(13)25-17;1-11-7-3-2-6-4-5-12-9(6)8(7)10;1-9(2)8(10)7-3-5-11(9)6-4-7;2-1-3;/h4-5,10,12,14H,6-9,11H2,1-3H3;2-5H,1H3;7-8H,3-6,10H2,1-2H3;;1H/t14-;;8-;;/m1.1../s1. The Morgan fingerprint density at radius 2 is 1.33 bits per heavy atom. The quantitative estimate of drug-likeness (QED) is 0.199. The Morgan fingerprint density at radius 1 is 0.827 bits per heavy atom. The molecule has 284 valence electrons. The van der Waals surface area contributed by atoms with E-state index in [9.17, 15) is 4.79 Å². The maximum absolute atomic E-state index is 13.0. The van der Waals surface area contributed by atoms with Gasteiger partial charge in [0.25, 0.3) is 0 Å². The Morgan fingerprint density at radius 3 is 1.81 bits per heavy atom. The van der Waals surface area contributed by atoms with Gasteiger partial charge in [0.15, 0.2) is 5.78 Å². The van der Waals surface area contributed by atoms with Crippen molar-refractivity contribution in [1.29, 1.82) is 0 Å². The van der Waals surface area contributed by atoms with E-state index >= 15 is 0 Å². The lowest BCUT2D eigenvalue weighted by Gasteiger charge is -2.56. The van der Waals surface area contributed by atoms with E-state index in [1.165, 1.54) is 68.6 Å². The van der Waals surface area contributed by atoms with Crippen LogP contribution >= 0.6 is 58.3 Å². The molecule has 0 saturated carbocycles. The molecule has 0 amide bonds. The van der Waals surface area contributed by atoms with Crippen LogP contribution in [0.5, 0.6) is 11.5 Å². The van der Waals surface area contributed by atoms with Gasteiger partial charge in [-0.1, -0.05) is 23.2 Å². The molecule has 2 atom stereocenters. The van der Waals surface area contributed by atoms with Crippen molar-refractivity contribution in [3.8, 4) is 11.5 Å². The highest BCUT2D eigenvalue weighted by molar-refractivity contribution is 7.21. The second kappa shape index (κ2) is 17.9. The highest BCUT2D eigenvalue weighted by atomic mass is 35.5. The van der Waals surface area contributed by atoms with Crippen LogP contribution in [0, 0.1) is 17.8 Å². The molecule has 2 aromatic carbocycles. The number of ether oxygens (including phenoxy) is 2. The predicted molar refractivity (Wildman–Crippen MR) is 216 cm³/mol. The van der Waals surface area contributed by atoms with Gasteiger partial charge in [0, 0.05) is 23.5 Å². The van der Waals surface area contributed by atoms with Crippen LogP contribution in [0.15, 0.2) is 41.8 Å². The maximum atomic E-state index is 13.0. The molecular weight excluding hydrogens is 761 g/mol. The summed E-state index contributed by atoms with van der Waals surface area (Å²) in [6, 6.07) is 12.2. The van der Waals surface area contributed by atoms with Gasteiger partial charge < -0.3 is 15.2 Å². The summed E-state index contributed by atoms with van der Waals surface area (Å²) < 4.78 is 12.4. The van der Waals surface area contributed by atoms with Gasteiger partial charge in [0.05, 0.1) is 28.5 Å². The number of fused-ring (bicyclic) bond motifs is 8. The van der Waals surface area contributed by atoms with Crippen LogP contribution < -0.4 is 15.2 Å². The molecule has 10 rings (SSSR count). The minimum Gasteiger partial charge on any atom is -0.495 e. The molecule has 8 heterocycles. The summed E-state index contributed by atoms with van der Waals surface area (Å²) in [4.78, 5) is 35.2. The number of Topliss-reactive ketones (excluding diaryl/α,β-unsaturated/α-hetero) is 1. The lowest BCUT2D eigenvalue weighted by atomic mass is 9.65. The number of halogens is 3. The summed E-state index contributed by atoms with van der Waals surface area (Å²) in [7, 11) is 3.24. The normalized spacial score (nSPS) is 25.9.